The van der Waals surface area contributed by atoms with E-state index in [-0.39, 0.29) is 29.9 Å². The van der Waals surface area contributed by atoms with Crippen molar-refractivity contribution < 1.29 is 18.0 Å². The van der Waals surface area contributed by atoms with Crippen LogP contribution >= 0.6 is 11.6 Å². The maximum atomic E-state index is 13.5. The van der Waals surface area contributed by atoms with Gasteiger partial charge in [0.2, 0.25) is 21.8 Å². The number of likely N-dealkylation sites (N-methyl/N-ethyl adjacent to an activating group) is 1. The first-order valence-corrected chi connectivity index (χ1v) is 13.8. The zero-order chi connectivity index (χ0) is 25.6. The maximum Gasteiger partial charge on any atom is 0.243 e. The summed E-state index contributed by atoms with van der Waals surface area (Å²) < 4.78 is 27.1. The highest BCUT2D eigenvalue weighted by Crippen LogP contribution is 2.21. The first-order valence-electron chi connectivity index (χ1n) is 12.0. The fourth-order valence-corrected chi connectivity index (χ4v) is 5.58. The van der Waals surface area contributed by atoms with Gasteiger partial charge < -0.3 is 10.2 Å². The molecule has 0 heterocycles. The number of carbonyl (C=O) groups is 2. The van der Waals surface area contributed by atoms with Crippen LogP contribution in [-0.4, -0.2) is 55.1 Å². The van der Waals surface area contributed by atoms with E-state index < -0.39 is 22.0 Å². The molecule has 1 atom stereocenters. The zero-order valence-corrected chi connectivity index (χ0v) is 22.1. The number of rotatable bonds is 10. The lowest BCUT2D eigenvalue weighted by Crippen LogP contribution is -2.53. The van der Waals surface area contributed by atoms with Crippen LogP contribution in [0.1, 0.15) is 50.2 Å². The Balaban J connectivity index is 1.83. The summed E-state index contributed by atoms with van der Waals surface area (Å²) in [6.45, 7) is 3.67. The van der Waals surface area contributed by atoms with Gasteiger partial charge in [0.25, 0.3) is 0 Å². The minimum atomic E-state index is -3.91. The van der Waals surface area contributed by atoms with E-state index in [4.69, 9.17) is 11.6 Å². The molecule has 190 valence electrons. The Kier molecular flexibility index (Phi) is 9.33. The molecule has 1 fully saturated rings. The molecule has 0 saturated heterocycles. The van der Waals surface area contributed by atoms with Crippen LogP contribution in [0.5, 0.6) is 0 Å². The molecule has 2 aromatic rings. The van der Waals surface area contributed by atoms with Crippen molar-refractivity contribution in [2.24, 2.45) is 0 Å². The molecule has 0 radical (unpaired) electrons. The van der Waals surface area contributed by atoms with Gasteiger partial charge in [0.15, 0.2) is 0 Å². The molecule has 1 aliphatic rings. The standard InChI is InChI=1S/C26H34ClN3O4S/c1-4-24(26(32)28-22-7-5-6-8-22)30(17-20-11-9-19(2)10-12-20)25(31)18-29(3)35(33,34)23-15-13-21(27)14-16-23/h9-16,22,24H,4-8,17-18H2,1-3H3,(H,28,32). The van der Waals surface area contributed by atoms with E-state index in [1.807, 2.05) is 38.1 Å². The second kappa shape index (κ2) is 12.0. The second-order valence-corrected chi connectivity index (χ2v) is 11.6. The normalized spacial score (nSPS) is 15.2. The zero-order valence-electron chi connectivity index (χ0n) is 20.5. The van der Waals surface area contributed by atoms with Crippen molar-refractivity contribution in [3.8, 4) is 0 Å². The Morgan fingerprint density at radius 3 is 2.23 bits per heavy atom. The van der Waals surface area contributed by atoms with Gasteiger partial charge in [-0.3, -0.25) is 9.59 Å². The van der Waals surface area contributed by atoms with Gasteiger partial charge in [-0.25, -0.2) is 8.42 Å². The van der Waals surface area contributed by atoms with Crippen LogP contribution in [0.15, 0.2) is 53.4 Å². The predicted octanol–water partition coefficient (Wildman–Crippen LogP) is 4.14. The summed E-state index contributed by atoms with van der Waals surface area (Å²) in [7, 11) is -2.54. The molecule has 7 nitrogen and oxygen atoms in total. The van der Waals surface area contributed by atoms with E-state index in [2.05, 4.69) is 5.32 Å². The molecule has 0 aromatic heterocycles. The molecule has 35 heavy (non-hydrogen) atoms. The highest BCUT2D eigenvalue weighted by Gasteiger charge is 2.33. The number of amides is 2. The van der Waals surface area contributed by atoms with E-state index in [1.54, 1.807) is 0 Å². The van der Waals surface area contributed by atoms with E-state index in [1.165, 1.54) is 36.2 Å². The fraction of sp³-hybridized carbons (Fsp3) is 0.462. The topological polar surface area (TPSA) is 86.8 Å². The van der Waals surface area contributed by atoms with Crippen molar-refractivity contribution in [2.75, 3.05) is 13.6 Å². The van der Waals surface area contributed by atoms with E-state index in [0.29, 0.717) is 11.4 Å². The number of sulfonamides is 1. The maximum absolute atomic E-state index is 13.5. The minimum absolute atomic E-state index is 0.0494. The largest absolute Gasteiger partial charge is 0.352 e. The van der Waals surface area contributed by atoms with Crippen molar-refractivity contribution in [2.45, 2.75) is 69.5 Å². The third-order valence-electron chi connectivity index (χ3n) is 6.44. The molecule has 2 amide bonds. The molecule has 1 aliphatic carbocycles. The van der Waals surface area contributed by atoms with Crippen molar-refractivity contribution >= 4 is 33.4 Å². The first kappa shape index (κ1) is 27.2. The van der Waals surface area contributed by atoms with Crippen molar-refractivity contribution in [1.29, 1.82) is 0 Å². The third kappa shape index (κ3) is 7.06. The van der Waals surface area contributed by atoms with Gasteiger partial charge in [0.05, 0.1) is 11.4 Å². The molecule has 1 saturated carbocycles. The predicted molar refractivity (Wildman–Crippen MR) is 137 cm³/mol. The minimum Gasteiger partial charge on any atom is -0.352 e. The summed E-state index contributed by atoms with van der Waals surface area (Å²) >= 11 is 5.89. The molecule has 0 aliphatic heterocycles. The lowest BCUT2D eigenvalue weighted by atomic mass is 10.1. The van der Waals surface area contributed by atoms with Crippen LogP contribution in [0.25, 0.3) is 0 Å². The number of halogens is 1. The molecular formula is C26H34ClN3O4S. The molecule has 1 N–H and O–H groups in total. The van der Waals surface area contributed by atoms with Gasteiger partial charge in [-0.2, -0.15) is 4.31 Å². The number of aryl methyl sites for hydroxylation is 1. The third-order valence-corrected chi connectivity index (χ3v) is 8.51. The summed E-state index contributed by atoms with van der Waals surface area (Å²) in [6, 6.07) is 13.0. The van der Waals surface area contributed by atoms with Crippen LogP contribution in [0, 0.1) is 6.92 Å². The summed E-state index contributed by atoms with van der Waals surface area (Å²) in [4.78, 5) is 28.3. The summed E-state index contributed by atoms with van der Waals surface area (Å²) in [5.74, 6) is -0.623. The number of hydrogen-bond acceptors (Lipinski definition) is 4. The molecule has 1 unspecified atom stereocenters. The lowest BCUT2D eigenvalue weighted by Gasteiger charge is -2.32. The van der Waals surface area contributed by atoms with Gasteiger partial charge in [0.1, 0.15) is 6.04 Å². The van der Waals surface area contributed by atoms with Crippen molar-refractivity contribution in [3.63, 3.8) is 0 Å². The summed E-state index contributed by atoms with van der Waals surface area (Å²) in [5.41, 5.74) is 1.96. The number of nitrogens with one attached hydrogen (secondary N) is 1. The monoisotopic (exact) mass is 519 g/mol. The molecular weight excluding hydrogens is 486 g/mol. The quantitative estimate of drug-likeness (QED) is 0.511. The highest BCUT2D eigenvalue weighted by molar-refractivity contribution is 7.89. The molecule has 0 spiro atoms. The Hall–Kier alpha value is -2.42. The Morgan fingerprint density at radius 2 is 1.66 bits per heavy atom. The average Bonchev–Trinajstić information content (AvgIpc) is 3.33. The fourth-order valence-electron chi connectivity index (χ4n) is 4.33. The number of benzene rings is 2. The number of nitrogens with zero attached hydrogens (tertiary/aromatic N) is 2. The Bertz CT molecular complexity index is 1110. The van der Waals surface area contributed by atoms with Crippen molar-refractivity contribution in [1.82, 2.24) is 14.5 Å². The Labute approximate surface area is 213 Å². The van der Waals surface area contributed by atoms with Crippen LogP contribution in [0.3, 0.4) is 0 Å². The molecule has 3 rings (SSSR count). The summed E-state index contributed by atoms with van der Waals surface area (Å²) in [5, 5.41) is 3.52. The van der Waals surface area contributed by atoms with Gasteiger partial charge in [-0.05, 0) is 56.0 Å². The van der Waals surface area contributed by atoms with Gasteiger partial charge in [0, 0.05) is 24.7 Å². The lowest BCUT2D eigenvalue weighted by molar-refractivity contribution is -0.141. The van der Waals surface area contributed by atoms with Crippen LogP contribution < -0.4 is 5.32 Å². The number of hydrogen-bond donors (Lipinski definition) is 1. The van der Waals surface area contributed by atoms with Crippen LogP contribution in [0.2, 0.25) is 5.02 Å². The van der Waals surface area contributed by atoms with Crippen LogP contribution in [0.4, 0.5) is 0 Å². The second-order valence-electron chi connectivity index (χ2n) is 9.14. The van der Waals surface area contributed by atoms with E-state index in [9.17, 15) is 18.0 Å². The smallest absolute Gasteiger partial charge is 0.243 e. The Morgan fingerprint density at radius 1 is 1.06 bits per heavy atom. The van der Waals surface area contributed by atoms with E-state index >= 15 is 0 Å². The summed E-state index contributed by atoms with van der Waals surface area (Å²) in [6.07, 6.45) is 4.47. The SMILES string of the molecule is CCC(C(=O)NC1CCCC1)N(Cc1ccc(C)cc1)C(=O)CN(C)S(=O)(=O)c1ccc(Cl)cc1. The molecule has 9 heteroatoms. The van der Waals surface area contributed by atoms with Crippen molar-refractivity contribution in [3.05, 3.63) is 64.7 Å². The van der Waals surface area contributed by atoms with E-state index in [0.717, 1.165) is 41.1 Å². The van der Waals surface area contributed by atoms with Gasteiger partial charge >= 0.3 is 0 Å². The highest BCUT2D eigenvalue weighted by atomic mass is 35.5. The average molecular weight is 520 g/mol. The van der Waals surface area contributed by atoms with Gasteiger partial charge in [-0.15, -0.1) is 0 Å². The molecule has 2 aromatic carbocycles. The van der Waals surface area contributed by atoms with Gasteiger partial charge in [-0.1, -0.05) is 61.2 Å². The van der Waals surface area contributed by atoms with Crippen LogP contribution in [-0.2, 0) is 26.2 Å². The molecule has 0 bridgehead atoms. The number of carbonyl (C=O) groups excluding carboxylic acids is 2. The first-order chi connectivity index (χ1) is 16.6.